The molecule has 0 spiro atoms. The molecule has 0 saturated carbocycles. The van der Waals surface area contributed by atoms with Gasteiger partial charge in [0, 0.05) is 0 Å². The molecule has 0 aliphatic rings. The van der Waals surface area contributed by atoms with Gasteiger partial charge in [-0.1, -0.05) is 0 Å². The van der Waals surface area contributed by atoms with E-state index in [1.54, 1.807) is 0 Å². The largest absolute Gasteiger partial charge is 0.394 e. The molecule has 0 radical (unpaired) electrons. The topological polar surface area (TPSA) is 220 Å². The van der Waals surface area contributed by atoms with Crippen LogP contribution in [0.2, 0.25) is 0 Å². The first-order valence-corrected chi connectivity index (χ1v) is 6.95. The number of carbonyl (C=O) groups is 1. The van der Waals surface area contributed by atoms with Crippen molar-refractivity contribution in [1.29, 1.82) is 0 Å². The number of nitrogens with one attached hydrogen (secondary N) is 2. The van der Waals surface area contributed by atoms with Gasteiger partial charge in [0.05, 0.1) is 13.2 Å². The average molecular weight is 356 g/mol. The van der Waals surface area contributed by atoms with Crippen molar-refractivity contribution in [3.05, 3.63) is 26.3 Å². The molecule has 2 aromatic rings. The number of nitrogens with zero attached hydrogens (tertiary/aromatic N) is 3. The van der Waals surface area contributed by atoms with Crippen molar-refractivity contribution in [3.63, 3.8) is 0 Å². The Labute approximate surface area is 137 Å². The number of anilines is 1. The first-order chi connectivity index (χ1) is 11.8. The van der Waals surface area contributed by atoms with E-state index < -0.39 is 42.7 Å². The number of aromatic nitrogens is 4. The van der Waals surface area contributed by atoms with Crippen LogP contribution in [0.5, 0.6) is 0 Å². The molecule has 136 valence electrons. The molecule has 13 heteroatoms. The van der Waals surface area contributed by atoms with E-state index in [9.17, 15) is 29.7 Å². The zero-order valence-corrected chi connectivity index (χ0v) is 12.7. The van der Waals surface area contributed by atoms with Crippen LogP contribution in [0.15, 0.2) is 14.6 Å². The predicted octanol–water partition coefficient (Wildman–Crippen LogP) is -4.87. The fraction of sp³-hybridized carbons (Fsp3) is 0.417. The average Bonchev–Trinajstić information content (AvgIpc) is 2.57. The van der Waals surface area contributed by atoms with Gasteiger partial charge >= 0.3 is 5.69 Å². The quantitative estimate of drug-likeness (QED) is 0.246. The maximum absolute atomic E-state index is 11.9. The van der Waals surface area contributed by atoms with E-state index in [-0.39, 0.29) is 28.9 Å². The Bertz CT molecular complexity index is 961. The van der Waals surface area contributed by atoms with Gasteiger partial charge in [-0.2, -0.15) is 4.99 Å². The van der Waals surface area contributed by atoms with Crippen LogP contribution in [0.3, 0.4) is 0 Å². The number of hydrogen-bond donors (Lipinski definition) is 7. The van der Waals surface area contributed by atoms with E-state index in [4.69, 9.17) is 10.8 Å². The third kappa shape index (κ3) is 3.63. The number of hydrogen-bond acceptors (Lipinski definition) is 9. The number of amides is 1. The van der Waals surface area contributed by atoms with E-state index in [2.05, 4.69) is 15.0 Å². The number of nitrogen functional groups attached to an aromatic ring is 1. The van der Waals surface area contributed by atoms with E-state index >= 15 is 0 Å². The number of rotatable bonds is 6. The summed E-state index contributed by atoms with van der Waals surface area (Å²) in [5, 5.41) is 38.0. The Morgan fingerprint density at radius 2 is 1.92 bits per heavy atom. The fourth-order valence-electron chi connectivity index (χ4n) is 2.20. The number of aromatic amines is 2. The van der Waals surface area contributed by atoms with Crippen LogP contribution in [0.4, 0.5) is 5.82 Å². The number of nitrogens with two attached hydrogens (primary N) is 1. The first kappa shape index (κ1) is 18.5. The Morgan fingerprint density at radius 1 is 1.24 bits per heavy atom. The fourth-order valence-corrected chi connectivity index (χ4v) is 2.20. The van der Waals surface area contributed by atoms with Gasteiger partial charge in [-0.05, 0) is 0 Å². The maximum atomic E-state index is 11.9. The highest BCUT2D eigenvalue weighted by molar-refractivity contribution is 5.70. The number of aliphatic hydroxyl groups excluding tert-OH is 4. The molecule has 3 atom stereocenters. The van der Waals surface area contributed by atoms with Gasteiger partial charge in [-0.3, -0.25) is 19.6 Å². The van der Waals surface area contributed by atoms with Crippen LogP contribution in [-0.4, -0.2) is 71.3 Å². The Hall–Kier alpha value is -2.87. The van der Waals surface area contributed by atoms with Crippen LogP contribution < -0.4 is 22.5 Å². The Morgan fingerprint density at radius 3 is 2.52 bits per heavy atom. The normalized spacial score (nSPS) is 15.9. The summed E-state index contributed by atoms with van der Waals surface area (Å²) >= 11 is 0. The van der Waals surface area contributed by atoms with Gasteiger partial charge in [0.2, 0.25) is 6.41 Å². The van der Waals surface area contributed by atoms with Gasteiger partial charge in [-0.15, -0.1) is 0 Å². The Kier molecular flexibility index (Phi) is 5.43. The van der Waals surface area contributed by atoms with Crippen LogP contribution in [-0.2, 0) is 11.3 Å². The number of carbonyl (C=O) groups excluding carboxylic acids is 1. The third-order valence-corrected chi connectivity index (χ3v) is 3.41. The summed E-state index contributed by atoms with van der Waals surface area (Å²) in [5.74, 6) is -0.346. The molecule has 1 amide bonds. The molecule has 25 heavy (non-hydrogen) atoms. The maximum Gasteiger partial charge on any atom is 0.327 e. The standard InChI is InChI=1S/C12H16N6O7/c13-8-10(14-3-20)18(1-4(21)7(23)5(22)2-19)9-6(15-8)11(24)17-12(25)16-9/h3-5,7,19,21-23H,1-2H2,(H2,13,15)(H2,16,17,24,25). The van der Waals surface area contributed by atoms with Crippen molar-refractivity contribution >= 4 is 23.4 Å². The van der Waals surface area contributed by atoms with Crippen LogP contribution in [0.1, 0.15) is 0 Å². The predicted molar refractivity (Wildman–Crippen MR) is 82.1 cm³/mol. The lowest BCUT2D eigenvalue weighted by atomic mass is 10.1. The summed E-state index contributed by atoms with van der Waals surface area (Å²) in [7, 11) is 0. The molecule has 2 aromatic heterocycles. The van der Waals surface area contributed by atoms with Gasteiger partial charge < -0.3 is 30.7 Å². The van der Waals surface area contributed by atoms with Crippen LogP contribution in [0.25, 0.3) is 11.2 Å². The first-order valence-electron chi connectivity index (χ1n) is 6.95. The molecule has 0 saturated heterocycles. The minimum absolute atomic E-state index is 0.131. The number of aliphatic hydroxyl groups is 4. The van der Waals surface area contributed by atoms with Gasteiger partial charge in [0.25, 0.3) is 5.56 Å². The molecular formula is C12H16N6O7. The third-order valence-electron chi connectivity index (χ3n) is 3.41. The van der Waals surface area contributed by atoms with Gasteiger partial charge in [-0.25, -0.2) is 9.78 Å². The van der Waals surface area contributed by atoms with Gasteiger partial charge in [0.1, 0.15) is 24.0 Å². The SMILES string of the molecule is Nc1nc2c(=O)[nH]c(=O)[nH]c2n(CC(O)C(O)C(O)CO)c1=NC=O. The lowest BCUT2D eigenvalue weighted by Crippen LogP contribution is -2.44. The number of H-pyrrole nitrogens is 2. The zero-order valence-electron chi connectivity index (χ0n) is 12.7. The minimum Gasteiger partial charge on any atom is -0.394 e. The molecule has 0 fully saturated rings. The molecule has 0 bridgehead atoms. The van der Waals surface area contributed by atoms with Crippen molar-refractivity contribution < 1.29 is 25.2 Å². The molecule has 0 aromatic carbocycles. The van der Waals surface area contributed by atoms with E-state index in [0.717, 1.165) is 4.57 Å². The second-order valence-corrected chi connectivity index (χ2v) is 5.08. The van der Waals surface area contributed by atoms with Crippen molar-refractivity contribution in [1.82, 2.24) is 19.5 Å². The van der Waals surface area contributed by atoms with E-state index in [1.807, 2.05) is 4.98 Å². The molecule has 2 heterocycles. The smallest absolute Gasteiger partial charge is 0.327 e. The molecule has 8 N–H and O–H groups in total. The summed E-state index contributed by atoms with van der Waals surface area (Å²) in [5.41, 5.74) is 3.10. The van der Waals surface area contributed by atoms with Crippen LogP contribution >= 0.6 is 0 Å². The number of fused-ring (bicyclic) bond motifs is 1. The molecule has 0 aliphatic carbocycles. The lowest BCUT2D eigenvalue weighted by Gasteiger charge is -2.23. The molecular weight excluding hydrogens is 340 g/mol. The van der Waals surface area contributed by atoms with Crippen LogP contribution in [0, 0.1) is 0 Å². The second-order valence-electron chi connectivity index (χ2n) is 5.08. The highest BCUT2D eigenvalue weighted by atomic mass is 16.4. The highest BCUT2D eigenvalue weighted by Gasteiger charge is 2.26. The summed E-state index contributed by atoms with van der Waals surface area (Å²) < 4.78 is 0.987. The summed E-state index contributed by atoms with van der Waals surface area (Å²) in [6.07, 6.45) is -4.94. The van der Waals surface area contributed by atoms with Crippen molar-refractivity contribution in [2.45, 2.75) is 24.9 Å². The van der Waals surface area contributed by atoms with Crippen molar-refractivity contribution in [3.8, 4) is 0 Å². The highest BCUT2D eigenvalue weighted by Crippen LogP contribution is 2.07. The minimum atomic E-state index is -1.76. The molecule has 0 aliphatic heterocycles. The van der Waals surface area contributed by atoms with E-state index in [0.29, 0.717) is 0 Å². The molecule has 13 nitrogen and oxygen atoms in total. The summed E-state index contributed by atoms with van der Waals surface area (Å²) in [6, 6.07) is 0. The Balaban J connectivity index is 2.73. The monoisotopic (exact) mass is 356 g/mol. The second kappa shape index (κ2) is 7.35. The van der Waals surface area contributed by atoms with Gasteiger partial charge in [0.15, 0.2) is 16.8 Å². The summed E-state index contributed by atoms with van der Waals surface area (Å²) in [4.78, 5) is 45.5. The molecule has 3 unspecified atom stereocenters. The van der Waals surface area contributed by atoms with Crippen molar-refractivity contribution in [2.75, 3.05) is 12.3 Å². The summed E-state index contributed by atoms with van der Waals surface area (Å²) in [6.45, 7) is -1.35. The molecule has 2 rings (SSSR count). The van der Waals surface area contributed by atoms with E-state index in [1.165, 1.54) is 0 Å². The lowest BCUT2D eigenvalue weighted by molar-refractivity contribution is -0.107. The zero-order chi connectivity index (χ0) is 18.7. The van der Waals surface area contributed by atoms with Crippen molar-refractivity contribution in [2.24, 2.45) is 4.99 Å².